The van der Waals surface area contributed by atoms with E-state index < -0.39 is 0 Å². The molecule has 1 aromatic rings. The number of rotatable bonds is 6. The lowest BCUT2D eigenvalue weighted by Gasteiger charge is -2.35. The Labute approximate surface area is 135 Å². The Kier molecular flexibility index (Phi) is 6.44. The standard InChI is InChI=1S/C19H30N2O/c1-4-7-16(2)14-19(22)21-12-10-20(11-13-21)15-18-9-6-5-8-17(18)3/h5-6,8-9,16H,4,7,10-15H2,1-3H3. The van der Waals surface area contributed by atoms with Gasteiger partial charge in [-0.25, -0.2) is 0 Å². The molecule has 1 unspecified atom stereocenters. The van der Waals surface area contributed by atoms with Gasteiger partial charge in [0.25, 0.3) is 0 Å². The number of carbonyl (C=O) groups excluding carboxylic acids is 1. The third-order valence-electron chi connectivity index (χ3n) is 4.68. The van der Waals surface area contributed by atoms with E-state index in [9.17, 15) is 4.79 Å². The highest BCUT2D eigenvalue weighted by molar-refractivity contribution is 5.76. The van der Waals surface area contributed by atoms with Crippen LogP contribution in [0.4, 0.5) is 0 Å². The summed E-state index contributed by atoms with van der Waals surface area (Å²) in [7, 11) is 0. The summed E-state index contributed by atoms with van der Waals surface area (Å²) in [6, 6.07) is 8.58. The molecular weight excluding hydrogens is 272 g/mol. The van der Waals surface area contributed by atoms with Crippen LogP contribution in [0, 0.1) is 12.8 Å². The Bertz CT molecular complexity index is 478. The average Bonchev–Trinajstić information content (AvgIpc) is 2.50. The number of amides is 1. The van der Waals surface area contributed by atoms with Crippen molar-refractivity contribution in [1.82, 2.24) is 9.80 Å². The van der Waals surface area contributed by atoms with Crippen LogP contribution in [-0.2, 0) is 11.3 Å². The van der Waals surface area contributed by atoms with Crippen LogP contribution in [0.3, 0.4) is 0 Å². The highest BCUT2D eigenvalue weighted by atomic mass is 16.2. The Morgan fingerprint density at radius 2 is 1.86 bits per heavy atom. The molecule has 0 aliphatic carbocycles. The van der Waals surface area contributed by atoms with Crippen LogP contribution in [-0.4, -0.2) is 41.9 Å². The van der Waals surface area contributed by atoms with Gasteiger partial charge < -0.3 is 4.90 Å². The molecule has 1 aliphatic rings. The van der Waals surface area contributed by atoms with E-state index in [1.807, 2.05) is 0 Å². The van der Waals surface area contributed by atoms with Crippen molar-refractivity contribution in [3.05, 3.63) is 35.4 Å². The lowest BCUT2D eigenvalue weighted by Crippen LogP contribution is -2.48. The molecule has 1 atom stereocenters. The quantitative estimate of drug-likeness (QED) is 0.803. The van der Waals surface area contributed by atoms with Crippen molar-refractivity contribution in [2.45, 2.75) is 46.6 Å². The largest absolute Gasteiger partial charge is 0.340 e. The van der Waals surface area contributed by atoms with Gasteiger partial charge in [0.15, 0.2) is 0 Å². The molecule has 1 aromatic carbocycles. The number of carbonyl (C=O) groups is 1. The van der Waals surface area contributed by atoms with Crippen LogP contribution in [0.25, 0.3) is 0 Å². The molecule has 3 nitrogen and oxygen atoms in total. The zero-order chi connectivity index (χ0) is 15.9. The fraction of sp³-hybridized carbons (Fsp3) is 0.632. The summed E-state index contributed by atoms with van der Waals surface area (Å²) in [5.74, 6) is 0.860. The van der Waals surface area contributed by atoms with Crippen LogP contribution >= 0.6 is 0 Å². The maximum Gasteiger partial charge on any atom is 0.222 e. The first kappa shape index (κ1) is 17.0. The third kappa shape index (κ3) is 4.84. The SMILES string of the molecule is CCCC(C)CC(=O)N1CCN(Cc2ccccc2C)CC1. The van der Waals surface area contributed by atoms with Crippen molar-refractivity contribution in [2.24, 2.45) is 5.92 Å². The number of benzene rings is 1. The summed E-state index contributed by atoms with van der Waals surface area (Å²) in [6.07, 6.45) is 3.03. The zero-order valence-corrected chi connectivity index (χ0v) is 14.3. The van der Waals surface area contributed by atoms with E-state index in [-0.39, 0.29) is 0 Å². The predicted molar refractivity (Wildman–Crippen MR) is 91.7 cm³/mol. The average molecular weight is 302 g/mol. The monoisotopic (exact) mass is 302 g/mol. The lowest BCUT2D eigenvalue weighted by atomic mass is 10.0. The zero-order valence-electron chi connectivity index (χ0n) is 14.3. The van der Waals surface area contributed by atoms with Crippen LogP contribution in [0.2, 0.25) is 0 Å². The van der Waals surface area contributed by atoms with Crippen molar-refractivity contribution >= 4 is 5.91 Å². The second-order valence-corrected chi connectivity index (χ2v) is 6.68. The van der Waals surface area contributed by atoms with Crippen LogP contribution in [0.15, 0.2) is 24.3 Å². The Morgan fingerprint density at radius 3 is 2.50 bits per heavy atom. The summed E-state index contributed by atoms with van der Waals surface area (Å²) < 4.78 is 0. The summed E-state index contributed by atoms with van der Waals surface area (Å²) in [5.41, 5.74) is 2.76. The molecule has 122 valence electrons. The number of hydrogen-bond acceptors (Lipinski definition) is 2. The van der Waals surface area contributed by atoms with Crippen LogP contribution in [0.1, 0.15) is 44.2 Å². The van der Waals surface area contributed by atoms with Gasteiger partial charge in [0.1, 0.15) is 0 Å². The van der Waals surface area contributed by atoms with Crippen molar-refractivity contribution in [3.8, 4) is 0 Å². The molecule has 1 aliphatic heterocycles. The van der Waals surface area contributed by atoms with Gasteiger partial charge >= 0.3 is 0 Å². The van der Waals surface area contributed by atoms with Crippen molar-refractivity contribution in [2.75, 3.05) is 26.2 Å². The summed E-state index contributed by atoms with van der Waals surface area (Å²) in [5, 5.41) is 0. The van der Waals surface area contributed by atoms with E-state index in [1.165, 1.54) is 17.5 Å². The Hall–Kier alpha value is -1.35. The van der Waals surface area contributed by atoms with Gasteiger partial charge in [0, 0.05) is 39.1 Å². The minimum Gasteiger partial charge on any atom is -0.340 e. The van der Waals surface area contributed by atoms with Crippen LogP contribution in [0.5, 0.6) is 0 Å². The smallest absolute Gasteiger partial charge is 0.222 e. The minimum atomic E-state index is 0.344. The Morgan fingerprint density at radius 1 is 1.18 bits per heavy atom. The van der Waals surface area contributed by atoms with E-state index in [4.69, 9.17) is 0 Å². The predicted octanol–water partition coefficient (Wildman–Crippen LogP) is 3.47. The van der Waals surface area contributed by atoms with Gasteiger partial charge in [0.05, 0.1) is 0 Å². The third-order valence-corrected chi connectivity index (χ3v) is 4.68. The fourth-order valence-electron chi connectivity index (χ4n) is 3.21. The molecule has 3 heteroatoms. The van der Waals surface area contributed by atoms with Crippen molar-refractivity contribution in [1.29, 1.82) is 0 Å². The minimum absolute atomic E-state index is 0.344. The number of nitrogens with zero attached hydrogens (tertiary/aromatic N) is 2. The second-order valence-electron chi connectivity index (χ2n) is 6.68. The molecule has 0 aromatic heterocycles. The molecule has 1 heterocycles. The first-order chi connectivity index (χ1) is 10.6. The van der Waals surface area contributed by atoms with Crippen molar-refractivity contribution < 1.29 is 4.79 Å². The van der Waals surface area contributed by atoms with E-state index >= 15 is 0 Å². The summed E-state index contributed by atoms with van der Waals surface area (Å²) in [4.78, 5) is 16.8. The molecule has 0 radical (unpaired) electrons. The molecule has 1 fully saturated rings. The molecule has 1 saturated heterocycles. The van der Waals surface area contributed by atoms with Gasteiger partial charge in [0.2, 0.25) is 5.91 Å². The molecule has 0 saturated carbocycles. The van der Waals surface area contributed by atoms with Gasteiger partial charge in [-0.1, -0.05) is 51.0 Å². The summed E-state index contributed by atoms with van der Waals surface area (Å²) in [6.45, 7) is 11.3. The van der Waals surface area contributed by atoms with Gasteiger partial charge in [-0.2, -0.15) is 0 Å². The van der Waals surface area contributed by atoms with E-state index in [0.29, 0.717) is 18.2 Å². The van der Waals surface area contributed by atoms with Crippen LogP contribution < -0.4 is 0 Å². The first-order valence-electron chi connectivity index (χ1n) is 8.64. The van der Waals surface area contributed by atoms with E-state index in [2.05, 4.69) is 54.8 Å². The Balaban J connectivity index is 1.78. The normalized spacial score (nSPS) is 17.5. The maximum atomic E-state index is 12.3. The van der Waals surface area contributed by atoms with Gasteiger partial charge in [-0.05, 0) is 24.0 Å². The number of piperazine rings is 1. The highest BCUT2D eigenvalue weighted by Gasteiger charge is 2.22. The van der Waals surface area contributed by atoms with Crippen molar-refractivity contribution in [3.63, 3.8) is 0 Å². The second kappa shape index (κ2) is 8.33. The number of hydrogen-bond donors (Lipinski definition) is 0. The fourth-order valence-corrected chi connectivity index (χ4v) is 3.21. The van der Waals surface area contributed by atoms with Gasteiger partial charge in [-0.3, -0.25) is 9.69 Å². The first-order valence-corrected chi connectivity index (χ1v) is 8.64. The van der Waals surface area contributed by atoms with E-state index in [0.717, 1.165) is 39.1 Å². The summed E-state index contributed by atoms with van der Waals surface area (Å²) >= 11 is 0. The number of aryl methyl sites for hydroxylation is 1. The molecule has 0 spiro atoms. The molecule has 2 rings (SSSR count). The molecule has 1 amide bonds. The topological polar surface area (TPSA) is 23.6 Å². The maximum absolute atomic E-state index is 12.3. The molecular formula is C19H30N2O. The molecule has 0 N–H and O–H groups in total. The molecule has 22 heavy (non-hydrogen) atoms. The van der Waals surface area contributed by atoms with E-state index in [1.54, 1.807) is 0 Å². The highest BCUT2D eigenvalue weighted by Crippen LogP contribution is 2.15. The lowest BCUT2D eigenvalue weighted by molar-refractivity contribution is -0.133. The van der Waals surface area contributed by atoms with Gasteiger partial charge in [-0.15, -0.1) is 0 Å². The molecule has 0 bridgehead atoms.